The number of carboxylic acid groups (broad SMARTS) is 1. The number of alkyl halides is 2. The molecule has 4 heteroatoms. The quantitative estimate of drug-likeness (QED) is 0.676. The van der Waals surface area contributed by atoms with Crippen LogP contribution in [-0.2, 0) is 4.79 Å². The summed E-state index contributed by atoms with van der Waals surface area (Å²) in [6, 6.07) is 0. The second-order valence-electron chi connectivity index (χ2n) is 3.02. The predicted molar refractivity (Wildman–Crippen MR) is 39.3 cm³/mol. The number of hydrogen-bond donors (Lipinski definition) is 1. The van der Waals surface area contributed by atoms with Crippen molar-refractivity contribution in [2.45, 2.75) is 31.3 Å². The Kier molecular flexibility index (Phi) is 1.87. The Morgan fingerprint density at radius 3 is 2.36 bits per heavy atom. The summed E-state index contributed by atoms with van der Waals surface area (Å²) in [7, 11) is 0. The lowest BCUT2D eigenvalue weighted by Crippen LogP contribution is -2.21. The van der Waals surface area contributed by atoms with Gasteiger partial charge < -0.3 is 5.11 Å². The third-order valence-corrected chi connectivity index (χ3v) is 2.68. The molecule has 0 bridgehead atoms. The van der Waals surface area contributed by atoms with Crippen molar-refractivity contribution in [3.05, 3.63) is 0 Å². The van der Waals surface area contributed by atoms with Crippen LogP contribution in [0.4, 0.5) is 4.39 Å². The van der Waals surface area contributed by atoms with E-state index >= 15 is 0 Å². The molecule has 64 valence electrons. The summed E-state index contributed by atoms with van der Waals surface area (Å²) in [5.41, 5.74) is -1.29. The molecule has 1 aliphatic rings. The van der Waals surface area contributed by atoms with Gasteiger partial charge in [0.2, 0.25) is 5.13 Å². The summed E-state index contributed by atoms with van der Waals surface area (Å²) in [5, 5.41) is 6.65. The van der Waals surface area contributed by atoms with E-state index in [2.05, 4.69) is 0 Å². The SMILES string of the molecule is CCCC1(C(=O)O)CC1(F)Cl. The number of carbonyl (C=O) groups is 1. The molecule has 0 radical (unpaired) electrons. The van der Waals surface area contributed by atoms with Crippen molar-refractivity contribution in [2.24, 2.45) is 5.41 Å². The lowest BCUT2D eigenvalue weighted by atomic mass is 10.0. The molecule has 0 aromatic carbocycles. The molecule has 0 amide bonds. The van der Waals surface area contributed by atoms with E-state index < -0.39 is 16.5 Å². The molecule has 2 unspecified atom stereocenters. The van der Waals surface area contributed by atoms with Crippen LogP contribution in [0.3, 0.4) is 0 Å². The molecule has 0 aromatic heterocycles. The zero-order valence-electron chi connectivity index (χ0n) is 6.23. The van der Waals surface area contributed by atoms with Gasteiger partial charge in [0.05, 0.1) is 0 Å². The van der Waals surface area contributed by atoms with Gasteiger partial charge in [-0.05, 0) is 6.42 Å². The van der Waals surface area contributed by atoms with Gasteiger partial charge in [-0.1, -0.05) is 24.9 Å². The van der Waals surface area contributed by atoms with Gasteiger partial charge in [-0.2, -0.15) is 0 Å². The molecule has 2 atom stereocenters. The van der Waals surface area contributed by atoms with Crippen molar-refractivity contribution in [1.82, 2.24) is 0 Å². The van der Waals surface area contributed by atoms with Crippen molar-refractivity contribution in [2.75, 3.05) is 0 Å². The molecule has 0 saturated heterocycles. The van der Waals surface area contributed by atoms with Crippen LogP contribution in [-0.4, -0.2) is 16.2 Å². The van der Waals surface area contributed by atoms with Crippen molar-refractivity contribution in [1.29, 1.82) is 0 Å². The summed E-state index contributed by atoms with van der Waals surface area (Å²) >= 11 is 5.29. The third kappa shape index (κ3) is 1.11. The van der Waals surface area contributed by atoms with Crippen LogP contribution in [0.25, 0.3) is 0 Å². The Balaban J connectivity index is 2.71. The van der Waals surface area contributed by atoms with Gasteiger partial charge in [-0.15, -0.1) is 0 Å². The molecule has 0 aromatic rings. The van der Waals surface area contributed by atoms with Crippen molar-refractivity contribution >= 4 is 17.6 Å². The van der Waals surface area contributed by atoms with Crippen molar-refractivity contribution in [3.63, 3.8) is 0 Å². The van der Waals surface area contributed by atoms with Gasteiger partial charge in [-0.25, -0.2) is 4.39 Å². The average Bonchev–Trinajstić information content (AvgIpc) is 2.36. The number of aliphatic carboxylic acids is 1. The highest BCUT2D eigenvalue weighted by atomic mass is 35.5. The van der Waals surface area contributed by atoms with Crippen LogP contribution >= 0.6 is 11.6 Å². The smallest absolute Gasteiger partial charge is 0.314 e. The summed E-state index contributed by atoms with van der Waals surface area (Å²) in [4.78, 5) is 10.6. The van der Waals surface area contributed by atoms with E-state index in [0.29, 0.717) is 12.8 Å². The normalized spacial score (nSPS) is 42.1. The molecule has 0 heterocycles. The van der Waals surface area contributed by atoms with E-state index in [1.807, 2.05) is 6.92 Å². The fourth-order valence-electron chi connectivity index (χ4n) is 1.37. The first-order chi connectivity index (χ1) is 4.96. The van der Waals surface area contributed by atoms with Crippen LogP contribution in [0.2, 0.25) is 0 Å². The van der Waals surface area contributed by atoms with E-state index in [-0.39, 0.29) is 6.42 Å². The fraction of sp³-hybridized carbons (Fsp3) is 0.857. The molecular weight excluding hydrogens is 171 g/mol. The number of rotatable bonds is 3. The largest absolute Gasteiger partial charge is 0.481 e. The maximum atomic E-state index is 12.9. The summed E-state index contributed by atoms with van der Waals surface area (Å²) in [5.74, 6) is -1.11. The van der Waals surface area contributed by atoms with Crippen LogP contribution < -0.4 is 0 Å². The predicted octanol–water partition coefficient (Wildman–Crippen LogP) is 2.17. The van der Waals surface area contributed by atoms with Crippen LogP contribution in [0.5, 0.6) is 0 Å². The van der Waals surface area contributed by atoms with Crippen LogP contribution in [0, 0.1) is 5.41 Å². The highest BCUT2D eigenvalue weighted by Gasteiger charge is 2.73. The lowest BCUT2D eigenvalue weighted by molar-refractivity contribution is -0.144. The monoisotopic (exact) mass is 180 g/mol. The van der Waals surface area contributed by atoms with Gasteiger partial charge >= 0.3 is 5.97 Å². The standard InChI is InChI=1S/C7H10ClFO2/c1-2-3-6(5(10)11)4-7(6,8)9/h2-4H2,1H3,(H,10,11). The molecule has 1 N–H and O–H groups in total. The molecular formula is C7H10ClFO2. The lowest BCUT2D eigenvalue weighted by Gasteiger charge is -2.09. The molecule has 0 spiro atoms. The molecule has 1 saturated carbocycles. The van der Waals surface area contributed by atoms with E-state index in [0.717, 1.165) is 0 Å². The first-order valence-electron chi connectivity index (χ1n) is 3.57. The first-order valence-corrected chi connectivity index (χ1v) is 3.95. The minimum Gasteiger partial charge on any atom is -0.481 e. The third-order valence-electron chi connectivity index (χ3n) is 2.19. The Morgan fingerprint density at radius 2 is 2.27 bits per heavy atom. The van der Waals surface area contributed by atoms with Gasteiger partial charge in [0.1, 0.15) is 5.41 Å². The Morgan fingerprint density at radius 1 is 1.82 bits per heavy atom. The molecule has 11 heavy (non-hydrogen) atoms. The summed E-state index contributed by atoms with van der Waals surface area (Å²) < 4.78 is 12.9. The van der Waals surface area contributed by atoms with Gasteiger partial charge in [0.25, 0.3) is 0 Å². The molecule has 1 aliphatic carbocycles. The number of hydrogen-bond acceptors (Lipinski definition) is 1. The first kappa shape index (κ1) is 8.78. The van der Waals surface area contributed by atoms with E-state index in [4.69, 9.17) is 16.7 Å². The molecule has 0 aliphatic heterocycles. The topological polar surface area (TPSA) is 37.3 Å². The summed E-state index contributed by atoms with van der Waals surface area (Å²) in [6.45, 7) is 1.82. The second kappa shape index (κ2) is 2.34. The molecule has 2 nitrogen and oxygen atoms in total. The van der Waals surface area contributed by atoms with Crippen molar-refractivity contribution in [3.8, 4) is 0 Å². The van der Waals surface area contributed by atoms with Crippen LogP contribution in [0.1, 0.15) is 26.2 Å². The maximum Gasteiger partial charge on any atom is 0.314 e. The average molecular weight is 181 g/mol. The number of carboxylic acids is 1. The number of halogens is 2. The Bertz CT molecular complexity index is 193. The highest BCUT2D eigenvalue weighted by Crippen LogP contribution is 2.64. The zero-order valence-corrected chi connectivity index (χ0v) is 6.99. The fourth-order valence-corrected chi connectivity index (χ4v) is 1.78. The van der Waals surface area contributed by atoms with Crippen LogP contribution in [0.15, 0.2) is 0 Å². The minimum absolute atomic E-state index is 0.0509. The van der Waals surface area contributed by atoms with Gasteiger partial charge in [0.15, 0.2) is 0 Å². The molecule has 1 fully saturated rings. The highest BCUT2D eigenvalue weighted by molar-refractivity contribution is 6.27. The molecule has 1 rings (SSSR count). The van der Waals surface area contributed by atoms with Gasteiger partial charge in [-0.3, -0.25) is 4.79 Å². The Labute approximate surface area is 69.3 Å². The summed E-state index contributed by atoms with van der Waals surface area (Å²) in [6.07, 6.45) is 0.914. The van der Waals surface area contributed by atoms with E-state index in [9.17, 15) is 9.18 Å². The van der Waals surface area contributed by atoms with E-state index in [1.165, 1.54) is 0 Å². The maximum absolute atomic E-state index is 12.9. The van der Waals surface area contributed by atoms with E-state index in [1.54, 1.807) is 0 Å². The Hall–Kier alpha value is -0.310. The minimum atomic E-state index is -1.99. The van der Waals surface area contributed by atoms with Crippen molar-refractivity contribution < 1.29 is 14.3 Å². The van der Waals surface area contributed by atoms with Gasteiger partial charge in [0, 0.05) is 6.42 Å². The second-order valence-corrected chi connectivity index (χ2v) is 3.62. The zero-order chi connectivity index (χ0) is 8.70.